The van der Waals surface area contributed by atoms with Gasteiger partial charge in [0.25, 0.3) is 0 Å². The first-order valence-corrected chi connectivity index (χ1v) is 10.3. The van der Waals surface area contributed by atoms with Crippen LogP contribution in [0.25, 0.3) is 0 Å². The Morgan fingerprint density at radius 3 is 2.23 bits per heavy atom. The molecule has 1 aliphatic heterocycles. The van der Waals surface area contributed by atoms with Gasteiger partial charge >= 0.3 is 17.9 Å². The fraction of sp³-hybridized carbons (Fsp3) is 0.375. The van der Waals surface area contributed by atoms with E-state index in [9.17, 15) is 14.4 Å². The van der Waals surface area contributed by atoms with E-state index < -0.39 is 23.5 Å². The second-order valence-electron chi connectivity index (χ2n) is 8.03. The molecule has 2 aromatic carbocycles. The zero-order valence-corrected chi connectivity index (χ0v) is 17.7. The van der Waals surface area contributed by atoms with Crippen LogP contribution in [-0.2, 0) is 20.0 Å². The highest BCUT2D eigenvalue weighted by Crippen LogP contribution is 2.55. The summed E-state index contributed by atoms with van der Waals surface area (Å²) in [5.74, 6) is 0.623. The highest BCUT2D eigenvalue weighted by Gasteiger charge is 2.47. The monoisotopic (exact) mass is 424 g/mol. The zero-order chi connectivity index (χ0) is 22.2. The number of fused-ring (bicyclic) bond motifs is 4. The smallest absolute Gasteiger partial charge is 0.308 e. The summed E-state index contributed by atoms with van der Waals surface area (Å²) in [7, 11) is 0. The van der Waals surface area contributed by atoms with Crippen LogP contribution in [0.1, 0.15) is 63.5 Å². The number of carbonyl (C=O) groups is 3. The van der Waals surface area contributed by atoms with Gasteiger partial charge in [0.2, 0.25) is 0 Å². The molecule has 0 unspecified atom stereocenters. The second-order valence-corrected chi connectivity index (χ2v) is 8.03. The van der Waals surface area contributed by atoms with E-state index in [4.69, 9.17) is 18.9 Å². The molecule has 1 fully saturated rings. The number of rotatable bonds is 4. The second kappa shape index (κ2) is 8.06. The van der Waals surface area contributed by atoms with E-state index >= 15 is 0 Å². The van der Waals surface area contributed by atoms with E-state index in [1.807, 2.05) is 6.07 Å². The highest BCUT2D eigenvalue weighted by atomic mass is 16.6. The van der Waals surface area contributed by atoms with Gasteiger partial charge in [0, 0.05) is 38.5 Å². The SMILES string of the molecule is CC(=O)Oc1ccc2c(c1)O[C@]1(c3ccc(OC(C)=O)cc3OC(C)=O)CCC[C@H]2C1. The molecule has 2 bridgehead atoms. The summed E-state index contributed by atoms with van der Waals surface area (Å²) in [6, 6.07) is 10.5. The maximum Gasteiger partial charge on any atom is 0.308 e. The Labute approximate surface area is 180 Å². The van der Waals surface area contributed by atoms with Crippen LogP contribution >= 0.6 is 0 Å². The number of esters is 3. The molecule has 31 heavy (non-hydrogen) atoms. The number of hydrogen-bond acceptors (Lipinski definition) is 7. The molecular weight excluding hydrogens is 400 g/mol. The Hall–Kier alpha value is -3.35. The third-order valence-corrected chi connectivity index (χ3v) is 5.66. The fourth-order valence-electron chi connectivity index (χ4n) is 4.62. The van der Waals surface area contributed by atoms with Gasteiger partial charge in [-0.05, 0) is 55.4 Å². The molecule has 0 aromatic heterocycles. The summed E-state index contributed by atoms with van der Waals surface area (Å²) in [6.07, 6.45) is 3.43. The molecule has 7 heteroatoms. The molecule has 2 aliphatic rings. The van der Waals surface area contributed by atoms with Gasteiger partial charge in [-0.15, -0.1) is 0 Å². The van der Waals surface area contributed by atoms with Crippen LogP contribution in [0.2, 0.25) is 0 Å². The molecule has 1 saturated carbocycles. The maximum atomic E-state index is 11.8. The first kappa shape index (κ1) is 20.9. The van der Waals surface area contributed by atoms with Crippen molar-refractivity contribution >= 4 is 17.9 Å². The van der Waals surface area contributed by atoms with Gasteiger partial charge in [0.05, 0.1) is 0 Å². The lowest BCUT2D eigenvalue weighted by Gasteiger charge is -2.46. The van der Waals surface area contributed by atoms with Crippen LogP contribution in [-0.4, -0.2) is 17.9 Å². The van der Waals surface area contributed by atoms with E-state index in [1.165, 1.54) is 20.8 Å². The molecule has 1 aliphatic carbocycles. The number of ether oxygens (including phenoxy) is 4. The topological polar surface area (TPSA) is 88.1 Å². The summed E-state index contributed by atoms with van der Waals surface area (Å²) in [5.41, 5.74) is 1.10. The van der Waals surface area contributed by atoms with Crippen molar-refractivity contribution in [3.63, 3.8) is 0 Å². The van der Waals surface area contributed by atoms with E-state index in [0.29, 0.717) is 23.0 Å². The first-order chi connectivity index (χ1) is 14.8. The predicted octanol–water partition coefficient (Wildman–Crippen LogP) is 4.41. The lowest BCUT2D eigenvalue weighted by molar-refractivity contribution is -0.133. The predicted molar refractivity (Wildman–Crippen MR) is 110 cm³/mol. The van der Waals surface area contributed by atoms with E-state index in [-0.39, 0.29) is 5.92 Å². The van der Waals surface area contributed by atoms with Crippen LogP contribution in [0.4, 0.5) is 0 Å². The van der Waals surface area contributed by atoms with Crippen LogP contribution in [0.5, 0.6) is 23.0 Å². The minimum atomic E-state index is -0.704. The minimum absolute atomic E-state index is 0.266. The van der Waals surface area contributed by atoms with Gasteiger partial charge in [0.1, 0.15) is 28.6 Å². The molecule has 0 amide bonds. The summed E-state index contributed by atoms with van der Waals surface area (Å²) in [4.78, 5) is 34.5. The highest BCUT2D eigenvalue weighted by molar-refractivity contribution is 5.72. The zero-order valence-electron chi connectivity index (χ0n) is 17.7. The molecule has 2 aromatic rings. The van der Waals surface area contributed by atoms with Gasteiger partial charge in [-0.2, -0.15) is 0 Å². The summed E-state index contributed by atoms with van der Waals surface area (Å²) in [5, 5.41) is 0. The Morgan fingerprint density at radius 2 is 1.55 bits per heavy atom. The Kier molecular flexibility index (Phi) is 5.43. The van der Waals surface area contributed by atoms with Crippen LogP contribution in [0.3, 0.4) is 0 Å². The number of hydrogen-bond donors (Lipinski definition) is 0. The summed E-state index contributed by atoms with van der Waals surface area (Å²) < 4.78 is 22.4. The standard InChI is InChI=1S/C24H24O7/c1-14(25)28-18-6-8-20-17-5-4-10-24(13-17,31-22(20)11-18)21-9-7-19(29-15(2)26)12-23(21)30-16(3)27/h6-9,11-12,17H,4-5,10,13H2,1-3H3/t17-,24+/m0/s1. The van der Waals surface area contributed by atoms with Crippen LogP contribution in [0.15, 0.2) is 36.4 Å². The lowest BCUT2D eigenvalue weighted by Crippen LogP contribution is -2.41. The van der Waals surface area contributed by atoms with Crippen LogP contribution < -0.4 is 18.9 Å². The number of benzene rings is 2. The molecule has 7 nitrogen and oxygen atoms in total. The van der Waals surface area contributed by atoms with Gasteiger partial charge in [-0.1, -0.05) is 6.07 Å². The van der Waals surface area contributed by atoms with E-state index in [1.54, 1.807) is 30.3 Å². The molecule has 162 valence electrons. The molecule has 0 N–H and O–H groups in total. The van der Waals surface area contributed by atoms with Gasteiger partial charge in [0.15, 0.2) is 0 Å². The quantitative estimate of drug-likeness (QED) is 0.531. The van der Waals surface area contributed by atoms with Crippen molar-refractivity contribution in [1.29, 1.82) is 0 Å². The third-order valence-electron chi connectivity index (χ3n) is 5.66. The maximum absolute atomic E-state index is 11.8. The lowest BCUT2D eigenvalue weighted by atomic mass is 9.69. The van der Waals surface area contributed by atoms with Crippen molar-refractivity contribution in [1.82, 2.24) is 0 Å². The largest absolute Gasteiger partial charge is 0.482 e. The average Bonchev–Trinajstić information content (AvgIpc) is 2.66. The summed E-state index contributed by atoms with van der Waals surface area (Å²) >= 11 is 0. The first-order valence-electron chi connectivity index (χ1n) is 10.3. The minimum Gasteiger partial charge on any atom is -0.482 e. The fourth-order valence-corrected chi connectivity index (χ4v) is 4.62. The number of carbonyl (C=O) groups excluding carboxylic acids is 3. The van der Waals surface area contributed by atoms with E-state index in [0.717, 1.165) is 36.8 Å². The van der Waals surface area contributed by atoms with Crippen molar-refractivity contribution in [3.8, 4) is 23.0 Å². The van der Waals surface area contributed by atoms with Crippen molar-refractivity contribution in [2.45, 2.75) is 58.0 Å². The van der Waals surface area contributed by atoms with Crippen molar-refractivity contribution in [3.05, 3.63) is 47.5 Å². The third kappa shape index (κ3) is 4.26. The van der Waals surface area contributed by atoms with Crippen molar-refractivity contribution < 1.29 is 33.3 Å². The normalized spacial score (nSPS) is 21.3. The van der Waals surface area contributed by atoms with Crippen LogP contribution in [0, 0.1) is 0 Å². The van der Waals surface area contributed by atoms with Gasteiger partial charge in [-0.3, -0.25) is 14.4 Å². The molecule has 2 atom stereocenters. The van der Waals surface area contributed by atoms with Crippen molar-refractivity contribution in [2.75, 3.05) is 0 Å². The molecular formula is C24H24O7. The molecule has 0 radical (unpaired) electrons. The average molecular weight is 424 g/mol. The Morgan fingerprint density at radius 1 is 0.903 bits per heavy atom. The molecule has 4 rings (SSSR count). The Balaban J connectivity index is 1.77. The van der Waals surface area contributed by atoms with Gasteiger partial charge < -0.3 is 18.9 Å². The summed E-state index contributed by atoms with van der Waals surface area (Å²) in [6.45, 7) is 3.99. The molecule has 1 heterocycles. The molecule has 0 spiro atoms. The van der Waals surface area contributed by atoms with Gasteiger partial charge in [-0.25, -0.2) is 0 Å². The van der Waals surface area contributed by atoms with Crippen molar-refractivity contribution in [2.24, 2.45) is 0 Å². The van der Waals surface area contributed by atoms with E-state index in [2.05, 4.69) is 0 Å². The Bertz CT molecular complexity index is 1060. The molecule has 0 saturated heterocycles.